The molecule has 3 aliphatic rings. The minimum atomic E-state index is -1.22. The van der Waals surface area contributed by atoms with E-state index in [2.05, 4.69) is 55.9 Å². The Morgan fingerprint density at radius 2 is 1.57 bits per heavy atom. The molecule has 3 aliphatic heterocycles. The minimum Gasteiger partial charge on any atom is -0.488 e. The number of rotatable bonds is 9. The number of nitrogens with one attached hydrogen (secondary N) is 4. The monoisotopic (exact) mass is 810 g/mol. The van der Waals surface area contributed by atoms with Gasteiger partial charge in [-0.05, 0) is 78.1 Å². The van der Waals surface area contributed by atoms with Crippen molar-refractivity contribution in [1.29, 1.82) is 0 Å². The fraction of sp³-hybridized carbons (Fsp3) is 0.333. The molecule has 4 atom stereocenters. The number of amides is 4. The Bertz CT molecular complexity index is 2640. The maximum Gasteiger partial charge on any atom is 0.407 e. The molecule has 15 nitrogen and oxygen atoms in total. The molecule has 5 N–H and O–H groups in total. The van der Waals surface area contributed by atoms with Crippen molar-refractivity contribution in [3.05, 3.63) is 102 Å². The lowest BCUT2D eigenvalue weighted by Crippen LogP contribution is -2.50. The SMILES string of the molecule is COC(=O)NC(C(=O)N1CCC[C@H]1c1nc2c(ccc3c4c(ccc32)-c2ccc(-c3cnc([C@H]5CCCN5C(=O)C(NC(=O)O)C(C)C)[nH]3)cc2CO4)[nH]1)c1ccccc1. The average Bonchev–Trinajstić information content (AvgIpc) is 4.10. The summed E-state index contributed by atoms with van der Waals surface area (Å²) >= 11 is 0. The minimum absolute atomic E-state index is 0.201. The Kier molecular flexibility index (Phi) is 10.1. The molecule has 308 valence electrons. The summed E-state index contributed by atoms with van der Waals surface area (Å²) < 4.78 is 11.4. The summed E-state index contributed by atoms with van der Waals surface area (Å²) in [6.45, 7) is 5.09. The lowest BCUT2D eigenvalue weighted by molar-refractivity contribution is -0.135. The van der Waals surface area contributed by atoms with Gasteiger partial charge in [-0.3, -0.25) is 9.59 Å². The number of H-pyrrole nitrogens is 2. The molecule has 4 aromatic carbocycles. The number of carboxylic acid groups (broad SMARTS) is 1. The number of carbonyl (C=O) groups excluding carboxylic acids is 3. The topological polar surface area (TPSA) is 195 Å². The summed E-state index contributed by atoms with van der Waals surface area (Å²) in [4.78, 5) is 71.6. The summed E-state index contributed by atoms with van der Waals surface area (Å²) in [6, 6.07) is 21.3. The van der Waals surface area contributed by atoms with Crippen LogP contribution in [-0.2, 0) is 20.9 Å². The van der Waals surface area contributed by atoms with E-state index in [4.69, 9.17) is 14.5 Å². The lowest BCUT2D eigenvalue weighted by atomic mass is 9.92. The second-order valence-corrected chi connectivity index (χ2v) is 16.0. The second-order valence-electron chi connectivity index (χ2n) is 16.0. The van der Waals surface area contributed by atoms with Gasteiger partial charge < -0.3 is 45.0 Å². The van der Waals surface area contributed by atoms with Crippen molar-refractivity contribution in [2.75, 3.05) is 20.2 Å². The number of ether oxygens (including phenoxy) is 2. The highest BCUT2D eigenvalue weighted by Crippen LogP contribution is 2.45. The molecule has 2 aromatic heterocycles. The zero-order valence-electron chi connectivity index (χ0n) is 33.5. The summed E-state index contributed by atoms with van der Waals surface area (Å²) in [5.41, 5.74) is 7.13. The molecule has 0 saturated carbocycles. The number of hydrogen-bond donors (Lipinski definition) is 5. The van der Waals surface area contributed by atoms with Crippen LogP contribution in [0.15, 0.2) is 79.0 Å². The maximum absolute atomic E-state index is 14.1. The highest BCUT2D eigenvalue weighted by molar-refractivity contribution is 6.09. The third-order valence-corrected chi connectivity index (χ3v) is 12.0. The van der Waals surface area contributed by atoms with E-state index in [1.807, 2.05) is 56.3 Å². The first-order valence-electron chi connectivity index (χ1n) is 20.4. The smallest absolute Gasteiger partial charge is 0.407 e. The number of fused-ring (bicyclic) bond motifs is 7. The molecule has 0 aliphatic carbocycles. The van der Waals surface area contributed by atoms with Crippen LogP contribution in [-0.4, -0.2) is 85.1 Å². The largest absolute Gasteiger partial charge is 0.488 e. The molecular weight excluding hydrogens is 765 g/mol. The number of likely N-dealkylation sites (tertiary alicyclic amines) is 2. The van der Waals surface area contributed by atoms with Gasteiger partial charge in [-0.2, -0.15) is 0 Å². The number of aromatic nitrogens is 4. The van der Waals surface area contributed by atoms with Crippen molar-refractivity contribution in [2.45, 2.75) is 70.3 Å². The number of alkyl carbamates (subject to hydrolysis) is 1. The highest BCUT2D eigenvalue weighted by atomic mass is 16.5. The van der Waals surface area contributed by atoms with Gasteiger partial charge in [0, 0.05) is 29.4 Å². The molecule has 6 aromatic rings. The molecule has 0 spiro atoms. The number of benzene rings is 4. The second kappa shape index (κ2) is 15.7. The van der Waals surface area contributed by atoms with E-state index >= 15 is 0 Å². The van der Waals surface area contributed by atoms with Crippen LogP contribution in [0.25, 0.3) is 44.2 Å². The van der Waals surface area contributed by atoms with Gasteiger partial charge in [0.15, 0.2) is 0 Å². The Balaban J connectivity index is 0.965. The predicted molar refractivity (Wildman–Crippen MR) is 223 cm³/mol. The lowest BCUT2D eigenvalue weighted by Gasteiger charge is -2.29. The van der Waals surface area contributed by atoms with Gasteiger partial charge in [0.2, 0.25) is 5.91 Å². The van der Waals surface area contributed by atoms with Crippen molar-refractivity contribution >= 4 is 45.8 Å². The summed E-state index contributed by atoms with van der Waals surface area (Å²) in [5.74, 6) is 1.47. The Hall–Kier alpha value is -6.90. The number of carbonyl (C=O) groups is 4. The molecule has 2 fully saturated rings. The fourth-order valence-corrected chi connectivity index (χ4v) is 9.07. The van der Waals surface area contributed by atoms with E-state index in [-0.39, 0.29) is 29.8 Å². The molecule has 60 heavy (non-hydrogen) atoms. The van der Waals surface area contributed by atoms with Crippen molar-refractivity contribution < 1.29 is 33.8 Å². The van der Waals surface area contributed by atoms with E-state index in [9.17, 15) is 24.3 Å². The third kappa shape index (κ3) is 6.92. The van der Waals surface area contributed by atoms with Gasteiger partial charge in [-0.15, -0.1) is 0 Å². The van der Waals surface area contributed by atoms with Gasteiger partial charge in [-0.1, -0.05) is 62.4 Å². The summed E-state index contributed by atoms with van der Waals surface area (Å²) in [7, 11) is 1.28. The molecule has 9 rings (SSSR count). The zero-order chi connectivity index (χ0) is 41.7. The molecule has 5 heterocycles. The number of imidazole rings is 2. The van der Waals surface area contributed by atoms with E-state index in [1.54, 1.807) is 16.0 Å². The number of hydrogen-bond acceptors (Lipinski definition) is 8. The molecule has 4 amide bonds. The molecule has 0 bridgehead atoms. The standard InChI is InChI=1S/C45H46N8O7/c1-24(2)36(50-44(56)57)42(54)52-19-7-11-34(52)40-46-22-33(48-40)26-13-14-28-27(21-26)23-60-39-30(28)16-15-29-31(39)17-18-32-38(29)49-41(47-32)35-12-8-20-53(35)43(55)37(51-45(58)59-3)25-9-5-4-6-10-25/h4-6,9-10,13-18,21-22,24,34-37,50H,7-8,11-12,19-20,23H2,1-3H3,(H,46,48)(H,47,49)(H,51,58)(H,56,57)/t34-,35+,36?,37?/m1/s1. The highest BCUT2D eigenvalue weighted by Gasteiger charge is 2.39. The van der Waals surface area contributed by atoms with Crippen molar-refractivity contribution in [2.24, 2.45) is 5.92 Å². The van der Waals surface area contributed by atoms with Crippen LogP contribution in [0.4, 0.5) is 9.59 Å². The molecule has 0 radical (unpaired) electrons. The molecule has 2 saturated heterocycles. The Morgan fingerprint density at radius 1 is 0.850 bits per heavy atom. The molecule has 15 heteroatoms. The van der Waals surface area contributed by atoms with Crippen molar-refractivity contribution in [1.82, 2.24) is 40.4 Å². The first kappa shape index (κ1) is 38.6. The number of methoxy groups -OCH3 is 1. The van der Waals surface area contributed by atoms with Crippen LogP contribution in [0.5, 0.6) is 5.75 Å². The Morgan fingerprint density at radius 3 is 2.30 bits per heavy atom. The van der Waals surface area contributed by atoms with Gasteiger partial charge in [0.1, 0.15) is 36.1 Å². The normalized spacial score (nSPS) is 18.2. The number of nitrogens with zero attached hydrogens (tertiary/aromatic N) is 4. The van der Waals surface area contributed by atoms with Crippen molar-refractivity contribution in [3.8, 4) is 28.1 Å². The maximum atomic E-state index is 14.1. The number of aromatic amines is 2. The third-order valence-electron chi connectivity index (χ3n) is 12.0. The molecule has 2 unspecified atom stereocenters. The quantitative estimate of drug-likeness (QED) is 0.0990. The first-order chi connectivity index (χ1) is 29.1. The van der Waals surface area contributed by atoms with Gasteiger partial charge >= 0.3 is 12.2 Å². The summed E-state index contributed by atoms with van der Waals surface area (Å²) in [6.07, 6.45) is 2.94. The van der Waals surface area contributed by atoms with E-state index in [0.29, 0.717) is 36.9 Å². The Labute approximate surface area is 345 Å². The van der Waals surface area contributed by atoms with E-state index < -0.39 is 24.3 Å². The van der Waals surface area contributed by atoms with Crippen LogP contribution in [0.1, 0.15) is 80.4 Å². The van der Waals surface area contributed by atoms with Crippen LogP contribution in [0.3, 0.4) is 0 Å². The van der Waals surface area contributed by atoms with Crippen LogP contribution >= 0.6 is 0 Å². The van der Waals surface area contributed by atoms with Gasteiger partial charge in [0.25, 0.3) is 5.91 Å². The predicted octanol–water partition coefficient (Wildman–Crippen LogP) is 7.38. The van der Waals surface area contributed by atoms with Crippen molar-refractivity contribution in [3.63, 3.8) is 0 Å². The van der Waals surface area contributed by atoms with Crippen LogP contribution in [0, 0.1) is 5.92 Å². The van der Waals surface area contributed by atoms with Gasteiger partial charge in [0.05, 0.1) is 42.1 Å². The zero-order valence-corrected chi connectivity index (χ0v) is 33.5. The first-order valence-corrected chi connectivity index (χ1v) is 20.4. The van der Waals surface area contributed by atoms with E-state index in [1.165, 1.54) is 7.11 Å². The molecular formula is C45H46N8O7. The van der Waals surface area contributed by atoms with E-state index in [0.717, 1.165) is 81.2 Å². The fourth-order valence-electron chi connectivity index (χ4n) is 9.07. The van der Waals surface area contributed by atoms with Gasteiger partial charge in [-0.25, -0.2) is 19.6 Å². The van der Waals surface area contributed by atoms with Crippen LogP contribution < -0.4 is 15.4 Å². The average molecular weight is 811 g/mol. The summed E-state index contributed by atoms with van der Waals surface area (Å²) in [5, 5.41) is 16.3. The van der Waals surface area contributed by atoms with Crippen LogP contribution in [0.2, 0.25) is 0 Å².